The summed E-state index contributed by atoms with van der Waals surface area (Å²) in [7, 11) is 0. The fourth-order valence-corrected chi connectivity index (χ4v) is 3.04. The molecular weight excluding hydrogens is 350 g/mol. The number of thiazole rings is 1. The number of aromatic nitrogens is 1. The van der Waals surface area contributed by atoms with E-state index < -0.39 is 0 Å². The van der Waals surface area contributed by atoms with Gasteiger partial charge >= 0.3 is 0 Å². The van der Waals surface area contributed by atoms with Gasteiger partial charge in [0.05, 0.1) is 17.0 Å². The minimum Gasteiger partial charge on any atom is -0.459 e. The van der Waals surface area contributed by atoms with E-state index in [1.807, 2.05) is 36.6 Å². The molecule has 2 N–H and O–H groups in total. The van der Waals surface area contributed by atoms with Crippen LogP contribution >= 0.6 is 11.3 Å². The Labute approximate surface area is 155 Å². The summed E-state index contributed by atoms with van der Waals surface area (Å²) in [6.07, 6.45) is 2.31. The van der Waals surface area contributed by atoms with Crippen LogP contribution in [0.3, 0.4) is 0 Å². The first-order valence-corrected chi connectivity index (χ1v) is 9.14. The van der Waals surface area contributed by atoms with E-state index in [0.717, 1.165) is 22.0 Å². The van der Waals surface area contributed by atoms with Crippen molar-refractivity contribution in [3.63, 3.8) is 0 Å². The molecule has 0 saturated carbocycles. The fraction of sp³-hybridized carbons (Fsp3) is 0.211. The molecule has 0 unspecified atom stereocenters. The molecule has 3 rings (SSSR count). The number of nitrogens with one attached hydrogen (secondary N) is 2. The van der Waals surface area contributed by atoms with Gasteiger partial charge in [-0.3, -0.25) is 9.59 Å². The third-order valence-corrected chi connectivity index (χ3v) is 4.45. The monoisotopic (exact) mass is 369 g/mol. The van der Waals surface area contributed by atoms with Crippen molar-refractivity contribution >= 4 is 28.8 Å². The predicted molar refractivity (Wildman–Crippen MR) is 101 cm³/mol. The first kappa shape index (κ1) is 17.9. The van der Waals surface area contributed by atoms with E-state index in [4.69, 9.17) is 4.42 Å². The zero-order chi connectivity index (χ0) is 18.4. The summed E-state index contributed by atoms with van der Waals surface area (Å²) in [5.41, 5.74) is 2.61. The topological polar surface area (TPSA) is 84.2 Å². The molecule has 0 aliphatic heterocycles. The summed E-state index contributed by atoms with van der Waals surface area (Å²) in [6, 6.07) is 10.9. The van der Waals surface area contributed by atoms with Crippen LogP contribution < -0.4 is 10.6 Å². The number of aryl methyl sites for hydroxylation is 1. The Morgan fingerprint density at radius 3 is 2.85 bits per heavy atom. The molecule has 0 aliphatic carbocycles. The standard InChI is InChI=1S/C19H19N3O3S/c1-13-21-16(12-26-13)14-5-2-6-15(11-14)22-18(23)8-3-9-20-19(24)17-7-4-10-25-17/h2,4-7,10-12H,3,8-9H2,1H3,(H,20,24)(H,22,23). The van der Waals surface area contributed by atoms with Crippen LogP contribution in [0.5, 0.6) is 0 Å². The van der Waals surface area contributed by atoms with Gasteiger partial charge in [-0.25, -0.2) is 4.98 Å². The van der Waals surface area contributed by atoms with Gasteiger partial charge in [-0.05, 0) is 37.6 Å². The second-order valence-corrected chi connectivity index (χ2v) is 6.78. The maximum atomic E-state index is 12.1. The third-order valence-electron chi connectivity index (χ3n) is 3.67. The van der Waals surface area contributed by atoms with Gasteiger partial charge in [-0.2, -0.15) is 0 Å². The highest BCUT2D eigenvalue weighted by Crippen LogP contribution is 2.24. The van der Waals surface area contributed by atoms with Gasteiger partial charge in [0, 0.05) is 29.6 Å². The second-order valence-electron chi connectivity index (χ2n) is 5.72. The number of amides is 2. The Morgan fingerprint density at radius 1 is 1.23 bits per heavy atom. The van der Waals surface area contributed by atoms with Gasteiger partial charge in [-0.1, -0.05) is 12.1 Å². The third kappa shape index (κ3) is 4.80. The van der Waals surface area contributed by atoms with Crippen molar-refractivity contribution in [2.75, 3.05) is 11.9 Å². The molecule has 0 spiro atoms. The van der Waals surface area contributed by atoms with Crippen LogP contribution in [-0.2, 0) is 4.79 Å². The van der Waals surface area contributed by atoms with Crippen LogP contribution in [0.4, 0.5) is 5.69 Å². The number of nitrogens with zero attached hydrogens (tertiary/aromatic N) is 1. The van der Waals surface area contributed by atoms with Crippen molar-refractivity contribution in [1.29, 1.82) is 0 Å². The first-order valence-electron chi connectivity index (χ1n) is 8.26. The van der Waals surface area contributed by atoms with Crippen LogP contribution in [0.1, 0.15) is 28.4 Å². The number of hydrogen-bond donors (Lipinski definition) is 2. The zero-order valence-corrected chi connectivity index (χ0v) is 15.1. The number of anilines is 1. The molecule has 7 heteroatoms. The fourth-order valence-electron chi connectivity index (χ4n) is 2.42. The van der Waals surface area contributed by atoms with Gasteiger partial charge in [0.15, 0.2) is 5.76 Å². The van der Waals surface area contributed by atoms with Gasteiger partial charge < -0.3 is 15.1 Å². The van der Waals surface area contributed by atoms with Crippen molar-refractivity contribution in [3.05, 3.63) is 58.8 Å². The number of hydrogen-bond acceptors (Lipinski definition) is 5. The van der Waals surface area contributed by atoms with E-state index in [0.29, 0.717) is 19.4 Å². The van der Waals surface area contributed by atoms with Crippen LogP contribution in [-0.4, -0.2) is 23.3 Å². The van der Waals surface area contributed by atoms with Crippen molar-refractivity contribution in [1.82, 2.24) is 10.3 Å². The van der Waals surface area contributed by atoms with Crippen LogP contribution in [0.25, 0.3) is 11.3 Å². The van der Waals surface area contributed by atoms with E-state index in [-0.39, 0.29) is 17.6 Å². The maximum Gasteiger partial charge on any atom is 0.286 e. The summed E-state index contributed by atoms with van der Waals surface area (Å²) in [5, 5.41) is 8.60. The van der Waals surface area contributed by atoms with Gasteiger partial charge in [0.1, 0.15) is 0 Å². The Bertz CT molecular complexity index is 887. The second kappa shape index (κ2) is 8.44. The van der Waals surface area contributed by atoms with Crippen molar-refractivity contribution in [3.8, 4) is 11.3 Å². The van der Waals surface area contributed by atoms with E-state index in [1.54, 1.807) is 23.5 Å². The minimum absolute atomic E-state index is 0.0937. The molecule has 0 saturated heterocycles. The Kier molecular flexibility index (Phi) is 5.80. The van der Waals surface area contributed by atoms with Crippen LogP contribution in [0, 0.1) is 6.92 Å². The Hall–Kier alpha value is -2.93. The van der Waals surface area contributed by atoms with Crippen molar-refractivity contribution < 1.29 is 14.0 Å². The molecule has 0 radical (unpaired) electrons. The SMILES string of the molecule is Cc1nc(-c2cccc(NC(=O)CCCNC(=O)c3ccco3)c2)cs1. The lowest BCUT2D eigenvalue weighted by Gasteiger charge is -2.07. The number of carbonyl (C=O) groups is 2. The number of benzene rings is 1. The molecule has 2 aromatic heterocycles. The molecule has 26 heavy (non-hydrogen) atoms. The lowest BCUT2D eigenvalue weighted by atomic mass is 10.1. The van der Waals surface area contributed by atoms with E-state index in [2.05, 4.69) is 15.6 Å². The van der Waals surface area contributed by atoms with Gasteiger partial charge in [-0.15, -0.1) is 11.3 Å². The van der Waals surface area contributed by atoms with Crippen molar-refractivity contribution in [2.24, 2.45) is 0 Å². The number of furan rings is 1. The molecule has 134 valence electrons. The average molecular weight is 369 g/mol. The molecule has 0 bridgehead atoms. The molecule has 0 atom stereocenters. The average Bonchev–Trinajstić information content (AvgIpc) is 3.30. The minimum atomic E-state index is -0.276. The Balaban J connectivity index is 1.45. The van der Waals surface area contributed by atoms with E-state index in [1.165, 1.54) is 6.26 Å². The van der Waals surface area contributed by atoms with Crippen LogP contribution in [0.15, 0.2) is 52.5 Å². The smallest absolute Gasteiger partial charge is 0.286 e. The normalized spacial score (nSPS) is 10.5. The molecular formula is C19H19N3O3S. The van der Waals surface area contributed by atoms with Gasteiger partial charge in [0.25, 0.3) is 5.91 Å². The van der Waals surface area contributed by atoms with Crippen molar-refractivity contribution in [2.45, 2.75) is 19.8 Å². The molecule has 3 aromatic rings. The largest absolute Gasteiger partial charge is 0.459 e. The molecule has 6 nitrogen and oxygen atoms in total. The molecule has 0 aliphatic rings. The first-order chi connectivity index (χ1) is 12.6. The molecule has 2 heterocycles. The lowest BCUT2D eigenvalue weighted by molar-refractivity contribution is -0.116. The van der Waals surface area contributed by atoms with Crippen LogP contribution in [0.2, 0.25) is 0 Å². The molecule has 2 amide bonds. The van der Waals surface area contributed by atoms with E-state index >= 15 is 0 Å². The quantitative estimate of drug-likeness (QED) is 0.620. The van der Waals surface area contributed by atoms with E-state index in [9.17, 15) is 9.59 Å². The number of rotatable bonds is 7. The van der Waals surface area contributed by atoms with Gasteiger partial charge in [0.2, 0.25) is 5.91 Å². The number of carbonyl (C=O) groups excluding carboxylic acids is 2. The highest BCUT2D eigenvalue weighted by Gasteiger charge is 2.09. The summed E-state index contributed by atoms with van der Waals surface area (Å²) in [4.78, 5) is 28.2. The maximum absolute atomic E-state index is 12.1. The lowest BCUT2D eigenvalue weighted by Crippen LogP contribution is -2.25. The predicted octanol–water partition coefficient (Wildman–Crippen LogP) is 3.86. The highest BCUT2D eigenvalue weighted by molar-refractivity contribution is 7.09. The summed E-state index contributed by atoms with van der Waals surface area (Å²) < 4.78 is 5.01. The Morgan fingerprint density at radius 2 is 2.12 bits per heavy atom. The summed E-state index contributed by atoms with van der Waals surface area (Å²) >= 11 is 1.59. The summed E-state index contributed by atoms with van der Waals surface area (Å²) in [6.45, 7) is 2.37. The highest BCUT2D eigenvalue weighted by atomic mass is 32.1. The zero-order valence-electron chi connectivity index (χ0n) is 14.3. The summed E-state index contributed by atoms with van der Waals surface area (Å²) in [5.74, 6) is -0.103. The molecule has 0 fully saturated rings. The molecule has 1 aromatic carbocycles.